The zero-order valence-corrected chi connectivity index (χ0v) is 29.2. The first-order valence-electron chi connectivity index (χ1n) is 16.6. The first kappa shape index (κ1) is 36.0. The number of aryl methyl sites for hydroxylation is 1. The van der Waals surface area contributed by atoms with Crippen LogP contribution >= 0.6 is 0 Å². The number of aliphatic hydroxyl groups is 1. The molecule has 0 saturated carbocycles. The summed E-state index contributed by atoms with van der Waals surface area (Å²) in [4.78, 5) is 42.0. The van der Waals surface area contributed by atoms with Crippen LogP contribution in [-0.2, 0) is 9.53 Å². The number of nitrogens with zero attached hydrogens (tertiary/aromatic N) is 5. The van der Waals surface area contributed by atoms with Gasteiger partial charge in [0.05, 0.1) is 36.0 Å². The van der Waals surface area contributed by atoms with E-state index in [0.29, 0.717) is 35.7 Å². The molecule has 0 spiro atoms. The van der Waals surface area contributed by atoms with Gasteiger partial charge in [-0.25, -0.2) is 4.79 Å². The van der Waals surface area contributed by atoms with Crippen LogP contribution in [-0.4, -0.2) is 58.5 Å². The largest absolute Gasteiger partial charge is 0.494 e. The van der Waals surface area contributed by atoms with Crippen molar-refractivity contribution in [1.82, 2.24) is 14.9 Å². The van der Waals surface area contributed by atoms with E-state index in [1.165, 1.54) is 16.8 Å². The van der Waals surface area contributed by atoms with E-state index in [0.717, 1.165) is 22.4 Å². The number of carbonyl (C=O) groups excluding carboxylic acids is 1. The lowest BCUT2D eigenvalue weighted by molar-refractivity contribution is -0.120. The van der Waals surface area contributed by atoms with Crippen LogP contribution in [0.3, 0.4) is 0 Å². The predicted molar refractivity (Wildman–Crippen MR) is 191 cm³/mol. The molecule has 2 aliphatic heterocycles. The number of hydrogen-bond donors (Lipinski definition) is 3. The van der Waals surface area contributed by atoms with E-state index in [1.807, 2.05) is 25.1 Å². The van der Waals surface area contributed by atoms with Crippen molar-refractivity contribution >= 4 is 34.6 Å². The zero-order valence-electron chi connectivity index (χ0n) is 29.2. The van der Waals surface area contributed by atoms with Crippen molar-refractivity contribution in [2.75, 3.05) is 25.1 Å². The summed E-state index contributed by atoms with van der Waals surface area (Å²) in [5, 5.41) is 31.2. The maximum Gasteiger partial charge on any atom is 0.330 e. The Morgan fingerprint density at radius 2 is 1.98 bits per heavy atom. The van der Waals surface area contributed by atoms with Gasteiger partial charge in [0.25, 0.3) is 5.56 Å². The molecule has 5 rings (SSSR count). The predicted octanol–water partition coefficient (Wildman–Crippen LogP) is 5.42. The molecule has 1 unspecified atom stereocenters. The summed E-state index contributed by atoms with van der Waals surface area (Å²) in [6.07, 6.45) is 6.07. The minimum absolute atomic E-state index is 0.140. The summed E-state index contributed by atoms with van der Waals surface area (Å²) in [5.41, 5.74) is 4.16. The van der Waals surface area contributed by atoms with E-state index in [9.17, 15) is 24.8 Å². The molecule has 262 valence electrons. The summed E-state index contributed by atoms with van der Waals surface area (Å²) >= 11 is 0. The summed E-state index contributed by atoms with van der Waals surface area (Å²) in [6.45, 7) is 10.7. The number of methoxy groups -OCH3 is 1. The first-order chi connectivity index (χ1) is 23.8. The summed E-state index contributed by atoms with van der Waals surface area (Å²) < 4.78 is 12.6. The number of rotatable bonds is 11. The molecule has 13 nitrogen and oxygen atoms in total. The van der Waals surface area contributed by atoms with Gasteiger partial charge in [-0.1, -0.05) is 24.3 Å². The fraction of sp³-hybridized carbons (Fsp3) is 0.405. The van der Waals surface area contributed by atoms with Crippen LogP contribution in [0.25, 0.3) is 11.6 Å². The van der Waals surface area contributed by atoms with Gasteiger partial charge in [0.1, 0.15) is 29.4 Å². The minimum Gasteiger partial charge on any atom is -0.494 e. The van der Waals surface area contributed by atoms with Crippen LogP contribution in [0.4, 0.5) is 17.1 Å². The quantitative estimate of drug-likeness (QED) is 0.225. The second kappa shape index (κ2) is 15.1. The number of nitrogens with one attached hydrogen (secondary N) is 2. The fourth-order valence-electron chi connectivity index (χ4n) is 6.33. The third-order valence-corrected chi connectivity index (χ3v) is 8.98. The number of ether oxygens (including phenoxy) is 2. The molecule has 13 heteroatoms. The van der Waals surface area contributed by atoms with Crippen molar-refractivity contribution in [3.05, 3.63) is 91.8 Å². The van der Waals surface area contributed by atoms with Crippen LogP contribution in [0.1, 0.15) is 75.4 Å². The molecule has 1 aromatic heterocycles. The Bertz CT molecular complexity index is 2010. The van der Waals surface area contributed by atoms with Crippen molar-refractivity contribution in [3.8, 4) is 11.8 Å². The van der Waals surface area contributed by atoms with E-state index in [2.05, 4.69) is 58.3 Å². The lowest BCUT2D eigenvalue weighted by Crippen LogP contribution is -2.45. The number of nitriles is 1. The molecule has 1 saturated heterocycles. The van der Waals surface area contributed by atoms with Gasteiger partial charge < -0.3 is 24.8 Å². The van der Waals surface area contributed by atoms with Crippen molar-refractivity contribution in [3.63, 3.8) is 0 Å². The first-order valence-corrected chi connectivity index (χ1v) is 16.6. The molecule has 0 bridgehead atoms. The average Bonchev–Trinajstić information content (AvgIpc) is 3.41. The van der Waals surface area contributed by atoms with Crippen molar-refractivity contribution in [2.24, 2.45) is 10.2 Å². The zero-order chi connectivity index (χ0) is 36.2. The third-order valence-electron chi connectivity index (χ3n) is 8.98. The monoisotopic (exact) mass is 681 g/mol. The SMILES string of the molecule is COc1cc2c(cc1N=Nc1ccc(C)cc1C#N)C(C)=CC(C)(C)N2CCCC(=O)NC/C=C/c1cn([C@H]2CC(O)[C@@H](C)O2)c(=O)[nH]c1=O. The topological polar surface area (TPSA) is 174 Å². The van der Waals surface area contributed by atoms with Crippen molar-refractivity contribution < 1.29 is 19.4 Å². The standard InChI is InChI=1S/C37H43N7O6/c1-22-11-12-28(26(15-22)20-38)41-42-29-16-27-23(2)19-37(4,5)44(30(27)17-32(29)49-6)14-8-10-33(46)39-13-7-9-25-21-43(36(48)40-35(25)47)34-18-31(45)24(3)50-34/h7,9,11-12,15-17,19,21,24,31,34,45H,8,10,13-14,18H2,1-6H3,(H,39,46)(H,40,47,48)/b9-7+,42-41?/t24-,31?,34-/m1/s1. The number of benzene rings is 2. The summed E-state index contributed by atoms with van der Waals surface area (Å²) in [6, 6.07) is 11.5. The molecular formula is C37H43N7O6. The van der Waals surface area contributed by atoms with Gasteiger partial charge in [0.2, 0.25) is 5.91 Å². The number of aromatic nitrogens is 2. The number of anilines is 1. The number of carbonyl (C=O) groups is 1. The van der Waals surface area contributed by atoms with Crippen molar-refractivity contribution in [2.45, 2.75) is 77.9 Å². The molecule has 2 aromatic carbocycles. The van der Waals surface area contributed by atoms with E-state index in [1.54, 1.807) is 32.2 Å². The van der Waals surface area contributed by atoms with Gasteiger partial charge in [0, 0.05) is 49.4 Å². The van der Waals surface area contributed by atoms with Gasteiger partial charge in [-0.2, -0.15) is 5.26 Å². The highest BCUT2D eigenvalue weighted by Gasteiger charge is 2.33. The number of H-pyrrole nitrogens is 1. The molecule has 50 heavy (non-hydrogen) atoms. The lowest BCUT2D eigenvalue weighted by Gasteiger charge is -2.43. The Labute approximate surface area is 290 Å². The molecular weight excluding hydrogens is 638 g/mol. The Hall–Kier alpha value is -5.32. The number of aliphatic hydroxyl groups excluding tert-OH is 1. The van der Waals surface area contributed by atoms with Gasteiger partial charge in [-0.15, -0.1) is 10.2 Å². The van der Waals surface area contributed by atoms with Crippen LogP contribution in [0.5, 0.6) is 5.75 Å². The summed E-state index contributed by atoms with van der Waals surface area (Å²) in [5.74, 6) is 0.397. The van der Waals surface area contributed by atoms with Crippen LogP contribution in [0.15, 0.2) is 68.5 Å². The molecule has 1 amide bonds. The number of aromatic amines is 1. The summed E-state index contributed by atoms with van der Waals surface area (Å²) in [7, 11) is 1.58. The van der Waals surface area contributed by atoms with Gasteiger partial charge in [-0.3, -0.25) is 19.1 Å². The highest BCUT2D eigenvalue weighted by atomic mass is 16.5. The van der Waals surface area contributed by atoms with Crippen LogP contribution < -0.4 is 26.2 Å². The van der Waals surface area contributed by atoms with Crippen LogP contribution in [0, 0.1) is 18.3 Å². The fourth-order valence-corrected chi connectivity index (χ4v) is 6.33. The third kappa shape index (κ3) is 7.93. The van der Waals surface area contributed by atoms with E-state index < -0.39 is 29.7 Å². The Morgan fingerprint density at radius 1 is 1.22 bits per heavy atom. The van der Waals surface area contributed by atoms with E-state index in [-0.39, 0.29) is 36.4 Å². The molecule has 1 fully saturated rings. The molecule has 0 radical (unpaired) electrons. The van der Waals surface area contributed by atoms with Crippen LogP contribution in [0.2, 0.25) is 0 Å². The molecule has 3 aromatic rings. The second-order valence-corrected chi connectivity index (χ2v) is 13.2. The number of amides is 1. The Kier molecular flexibility index (Phi) is 10.8. The average molecular weight is 682 g/mol. The van der Waals surface area contributed by atoms with Gasteiger partial charge in [0.15, 0.2) is 0 Å². The van der Waals surface area contributed by atoms with Gasteiger partial charge in [-0.05, 0) is 70.4 Å². The highest BCUT2D eigenvalue weighted by molar-refractivity contribution is 5.85. The number of azo groups is 1. The van der Waals surface area contributed by atoms with Crippen molar-refractivity contribution in [1.29, 1.82) is 5.26 Å². The Balaban J connectivity index is 1.22. The normalized spacial score (nSPS) is 19.8. The second-order valence-electron chi connectivity index (χ2n) is 13.2. The highest BCUT2D eigenvalue weighted by Crippen LogP contribution is 2.45. The molecule has 3 heterocycles. The number of fused-ring (bicyclic) bond motifs is 1. The molecule has 2 aliphatic rings. The maximum absolute atomic E-state index is 12.8. The number of hydrogen-bond acceptors (Lipinski definition) is 10. The van der Waals surface area contributed by atoms with E-state index >= 15 is 0 Å². The maximum atomic E-state index is 12.8. The minimum atomic E-state index is -0.701. The Morgan fingerprint density at radius 3 is 2.68 bits per heavy atom. The number of allylic oxidation sites excluding steroid dienone is 1. The molecule has 3 N–H and O–H groups in total. The van der Waals surface area contributed by atoms with E-state index in [4.69, 9.17) is 9.47 Å². The lowest BCUT2D eigenvalue weighted by atomic mass is 9.88. The smallest absolute Gasteiger partial charge is 0.330 e. The van der Waals surface area contributed by atoms with Gasteiger partial charge >= 0.3 is 5.69 Å². The molecule has 3 atom stereocenters. The molecule has 0 aliphatic carbocycles.